The van der Waals surface area contributed by atoms with Crippen LogP contribution in [-0.2, 0) is 4.74 Å². The molecular weight excluding hydrogens is 340 g/mol. The fourth-order valence-corrected chi connectivity index (χ4v) is 2.56. The van der Waals surface area contributed by atoms with Crippen molar-refractivity contribution in [1.29, 1.82) is 0 Å². The molecule has 0 bridgehead atoms. The predicted octanol–water partition coefficient (Wildman–Crippen LogP) is 5.14. The maximum atomic E-state index is 12.4. The summed E-state index contributed by atoms with van der Waals surface area (Å²) in [4.78, 5) is 24.3. The summed E-state index contributed by atoms with van der Waals surface area (Å²) < 4.78 is 10.5. The molecule has 0 spiro atoms. The Balaban J connectivity index is 1.69. The summed E-state index contributed by atoms with van der Waals surface area (Å²) >= 11 is 0. The van der Waals surface area contributed by atoms with Gasteiger partial charge in [0.25, 0.3) is 0 Å². The molecule has 0 saturated carbocycles. The normalized spacial score (nSPS) is 10.3. The highest BCUT2D eigenvalue weighted by molar-refractivity contribution is 5.93. The second-order valence-electron chi connectivity index (χ2n) is 6.00. The molecule has 0 aliphatic rings. The van der Waals surface area contributed by atoms with Gasteiger partial charge in [0.05, 0.1) is 17.7 Å². The molecule has 4 nitrogen and oxygen atoms in total. The number of hydrogen-bond donors (Lipinski definition) is 0. The van der Waals surface area contributed by atoms with Crippen LogP contribution in [0.25, 0.3) is 11.1 Å². The third-order valence-electron chi connectivity index (χ3n) is 3.95. The Hall–Kier alpha value is -3.40. The van der Waals surface area contributed by atoms with Gasteiger partial charge in [0.1, 0.15) is 5.75 Å². The average Bonchev–Trinajstić information content (AvgIpc) is 2.73. The van der Waals surface area contributed by atoms with E-state index in [0.29, 0.717) is 23.5 Å². The summed E-state index contributed by atoms with van der Waals surface area (Å²) in [5.41, 5.74) is 2.89. The molecule has 4 heteroatoms. The summed E-state index contributed by atoms with van der Waals surface area (Å²) in [5.74, 6) is -0.603. The van der Waals surface area contributed by atoms with Crippen molar-refractivity contribution in [2.45, 2.75) is 13.3 Å². The summed E-state index contributed by atoms with van der Waals surface area (Å²) in [6, 6.07) is 23.6. The van der Waals surface area contributed by atoms with E-state index in [2.05, 4.69) is 0 Å². The first-order valence-electron chi connectivity index (χ1n) is 8.82. The molecule has 0 aliphatic carbocycles. The van der Waals surface area contributed by atoms with Gasteiger partial charge in [-0.25, -0.2) is 9.59 Å². The molecule has 136 valence electrons. The van der Waals surface area contributed by atoms with Gasteiger partial charge < -0.3 is 9.47 Å². The molecule has 3 aromatic carbocycles. The molecule has 3 rings (SSSR count). The second kappa shape index (κ2) is 8.81. The maximum Gasteiger partial charge on any atom is 0.343 e. The van der Waals surface area contributed by atoms with Gasteiger partial charge in [0, 0.05) is 0 Å². The highest BCUT2D eigenvalue weighted by Crippen LogP contribution is 2.21. The van der Waals surface area contributed by atoms with Crippen molar-refractivity contribution in [1.82, 2.24) is 0 Å². The van der Waals surface area contributed by atoms with Crippen LogP contribution in [0.5, 0.6) is 5.75 Å². The molecule has 0 fully saturated rings. The SMILES string of the molecule is CCCOC(=O)c1cccc(OC(=O)c2ccc(-c3ccccc3)cc2)c1. The van der Waals surface area contributed by atoms with Crippen LogP contribution in [0.1, 0.15) is 34.1 Å². The van der Waals surface area contributed by atoms with Crippen molar-refractivity contribution < 1.29 is 19.1 Å². The van der Waals surface area contributed by atoms with Crippen molar-refractivity contribution in [3.05, 3.63) is 90.0 Å². The van der Waals surface area contributed by atoms with Crippen LogP contribution in [-0.4, -0.2) is 18.5 Å². The summed E-state index contributed by atoms with van der Waals surface area (Å²) in [6.45, 7) is 2.28. The van der Waals surface area contributed by atoms with Crippen LogP contribution in [0, 0.1) is 0 Å². The lowest BCUT2D eigenvalue weighted by Gasteiger charge is -2.08. The number of carbonyl (C=O) groups is 2. The monoisotopic (exact) mass is 360 g/mol. The Bertz CT molecular complexity index is 915. The van der Waals surface area contributed by atoms with Gasteiger partial charge in [-0.3, -0.25) is 0 Å². The van der Waals surface area contributed by atoms with Crippen LogP contribution in [0.3, 0.4) is 0 Å². The number of carbonyl (C=O) groups excluding carboxylic acids is 2. The van der Waals surface area contributed by atoms with Crippen LogP contribution in [0.2, 0.25) is 0 Å². The van der Waals surface area contributed by atoms with Gasteiger partial charge in [-0.15, -0.1) is 0 Å². The lowest BCUT2D eigenvalue weighted by atomic mass is 10.0. The third kappa shape index (κ3) is 4.82. The molecule has 0 radical (unpaired) electrons. The fraction of sp³-hybridized carbons (Fsp3) is 0.130. The zero-order chi connectivity index (χ0) is 19.1. The van der Waals surface area contributed by atoms with E-state index in [1.165, 1.54) is 6.07 Å². The van der Waals surface area contributed by atoms with Gasteiger partial charge in [0.15, 0.2) is 0 Å². The van der Waals surface area contributed by atoms with Gasteiger partial charge in [-0.05, 0) is 47.9 Å². The molecule has 27 heavy (non-hydrogen) atoms. The lowest BCUT2D eigenvalue weighted by Crippen LogP contribution is -2.10. The molecular formula is C23H20O4. The third-order valence-corrected chi connectivity index (χ3v) is 3.95. The van der Waals surface area contributed by atoms with E-state index in [-0.39, 0.29) is 0 Å². The van der Waals surface area contributed by atoms with E-state index >= 15 is 0 Å². The minimum atomic E-state index is -0.478. The van der Waals surface area contributed by atoms with Crippen molar-refractivity contribution in [2.24, 2.45) is 0 Å². The molecule has 0 atom stereocenters. The zero-order valence-electron chi connectivity index (χ0n) is 15.1. The molecule has 0 aromatic heterocycles. The number of rotatable bonds is 6. The molecule has 0 unspecified atom stereocenters. The Labute approximate surface area is 158 Å². The summed E-state index contributed by atoms with van der Waals surface area (Å²) in [6.07, 6.45) is 0.749. The Morgan fingerprint density at radius 2 is 1.44 bits per heavy atom. The molecule has 0 amide bonds. The molecule has 0 N–H and O–H groups in total. The first kappa shape index (κ1) is 18.4. The summed E-state index contributed by atoms with van der Waals surface area (Å²) in [7, 11) is 0. The van der Waals surface area contributed by atoms with Crippen molar-refractivity contribution >= 4 is 11.9 Å². The highest BCUT2D eigenvalue weighted by Gasteiger charge is 2.12. The van der Waals surface area contributed by atoms with E-state index in [9.17, 15) is 9.59 Å². The van der Waals surface area contributed by atoms with E-state index in [1.54, 1.807) is 30.3 Å². The van der Waals surface area contributed by atoms with Gasteiger partial charge in [0.2, 0.25) is 0 Å². The summed E-state index contributed by atoms with van der Waals surface area (Å²) in [5, 5.41) is 0. The lowest BCUT2D eigenvalue weighted by molar-refractivity contribution is 0.0503. The fourth-order valence-electron chi connectivity index (χ4n) is 2.56. The van der Waals surface area contributed by atoms with Crippen molar-refractivity contribution in [3.63, 3.8) is 0 Å². The Kier molecular flexibility index (Phi) is 6.00. The Morgan fingerprint density at radius 3 is 2.15 bits per heavy atom. The number of esters is 2. The van der Waals surface area contributed by atoms with Crippen LogP contribution in [0.15, 0.2) is 78.9 Å². The van der Waals surface area contributed by atoms with Gasteiger partial charge in [-0.2, -0.15) is 0 Å². The first-order valence-corrected chi connectivity index (χ1v) is 8.82. The molecule has 0 saturated heterocycles. The van der Waals surface area contributed by atoms with Gasteiger partial charge in [-0.1, -0.05) is 55.5 Å². The number of ether oxygens (including phenoxy) is 2. The van der Waals surface area contributed by atoms with Crippen LogP contribution < -0.4 is 4.74 Å². The topological polar surface area (TPSA) is 52.6 Å². The quantitative estimate of drug-likeness (QED) is 0.451. The minimum Gasteiger partial charge on any atom is -0.462 e. The average molecular weight is 360 g/mol. The first-order chi connectivity index (χ1) is 13.2. The smallest absolute Gasteiger partial charge is 0.343 e. The highest BCUT2D eigenvalue weighted by atomic mass is 16.5. The number of hydrogen-bond acceptors (Lipinski definition) is 4. The minimum absolute atomic E-state index is 0.304. The predicted molar refractivity (Wildman–Crippen MR) is 104 cm³/mol. The molecule has 3 aromatic rings. The van der Waals surface area contributed by atoms with Crippen LogP contribution in [0.4, 0.5) is 0 Å². The number of benzene rings is 3. The standard InChI is InChI=1S/C23H20O4/c1-2-15-26-22(24)20-9-6-10-21(16-20)27-23(25)19-13-11-18(12-14-19)17-7-4-3-5-8-17/h3-14,16H,2,15H2,1H3. The molecule has 0 heterocycles. The van der Waals surface area contributed by atoms with E-state index in [1.807, 2.05) is 49.4 Å². The second-order valence-corrected chi connectivity index (χ2v) is 6.00. The van der Waals surface area contributed by atoms with E-state index in [4.69, 9.17) is 9.47 Å². The van der Waals surface area contributed by atoms with Crippen LogP contribution >= 0.6 is 0 Å². The maximum absolute atomic E-state index is 12.4. The zero-order valence-corrected chi connectivity index (χ0v) is 15.1. The van der Waals surface area contributed by atoms with Crippen molar-refractivity contribution in [3.8, 4) is 16.9 Å². The van der Waals surface area contributed by atoms with E-state index < -0.39 is 11.9 Å². The van der Waals surface area contributed by atoms with Gasteiger partial charge >= 0.3 is 11.9 Å². The van der Waals surface area contributed by atoms with E-state index in [0.717, 1.165) is 17.5 Å². The van der Waals surface area contributed by atoms with Crippen molar-refractivity contribution in [2.75, 3.05) is 6.61 Å². The molecule has 0 aliphatic heterocycles. The largest absolute Gasteiger partial charge is 0.462 e. The Morgan fingerprint density at radius 1 is 0.741 bits per heavy atom.